The molecule has 1 heterocycles. The maximum absolute atomic E-state index is 13.0. The highest BCUT2D eigenvalue weighted by Crippen LogP contribution is 2.60. The topological polar surface area (TPSA) is 40.6 Å². The lowest BCUT2D eigenvalue weighted by Gasteiger charge is -2.39. The van der Waals surface area contributed by atoms with Gasteiger partial charge < -0.3 is 9.80 Å². The van der Waals surface area contributed by atoms with Crippen LogP contribution in [-0.2, 0) is 9.59 Å². The number of hydrogen-bond acceptors (Lipinski definition) is 3. The lowest BCUT2D eigenvalue weighted by molar-refractivity contribution is -0.152. The van der Waals surface area contributed by atoms with Gasteiger partial charge in [0.25, 0.3) is 0 Å². The molecular formula is C16H26N2O2. The number of ketones is 1. The molecule has 0 aromatic rings. The highest BCUT2D eigenvalue weighted by molar-refractivity contribution is 6.10. The van der Waals surface area contributed by atoms with Crippen molar-refractivity contribution >= 4 is 11.7 Å². The van der Waals surface area contributed by atoms with Crippen LogP contribution in [0.15, 0.2) is 0 Å². The number of hydrogen-bond donors (Lipinski definition) is 0. The summed E-state index contributed by atoms with van der Waals surface area (Å²) in [5, 5.41) is 0. The van der Waals surface area contributed by atoms with Crippen molar-refractivity contribution < 1.29 is 9.59 Å². The zero-order valence-corrected chi connectivity index (χ0v) is 12.9. The quantitative estimate of drug-likeness (QED) is 0.720. The Kier molecular flexibility index (Phi) is 3.20. The van der Waals surface area contributed by atoms with E-state index in [-0.39, 0.29) is 17.1 Å². The Morgan fingerprint density at radius 1 is 1.25 bits per heavy atom. The summed E-state index contributed by atoms with van der Waals surface area (Å²) in [5.41, 5.74) is -0.957. The van der Waals surface area contributed by atoms with Gasteiger partial charge in [0, 0.05) is 31.6 Å². The van der Waals surface area contributed by atoms with E-state index in [4.69, 9.17) is 0 Å². The van der Waals surface area contributed by atoms with E-state index in [0.29, 0.717) is 5.92 Å². The Morgan fingerprint density at radius 3 is 2.40 bits per heavy atom. The summed E-state index contributed by atoms with van der Waals surface area (Å²) in [4.78, 5) is 30.0. The highest BCUT2D eigenvalue weighted by Gasteiger charge is 2.65. The summed E-state index contributed by atoms with van der Waals surface area (Å²) >= 11 is 0. The third-order valence-corrected chi connectivity index (χ3v) is 6.07. The summed E-state index contributed by atoms with van der Waals surface area (Å²) in [7, 11) is 0. The van der Waals surface area contributed by atoms with Crippen LogP contribution >= 0.6 is 0 Å². The van der Waals surface area contributed by atoms with Gasteiger partial charge in [-0.3, -0.25) is 9.59 Å². The molecule has 0 N–H and O–H groups in total. The molecule has 0 aromatic heterocycles. The first-order valence-corrected chi connectivity index (χ1v) is 7.98. The number of piperazine rings is 1. The van der Waals surface area contributed by atoms with E-state index in [1.165, 1.54) is 0 Å². The number of fused-ring (bicyclic) bond motifs is 2. The summed E-state index contributed by atoms with van der Waals surface area (Å²) in [6.07, 6.45) is 2.62. The molecule has 1 amide bonds. The fourth-order valence-corrected chi connectivity index (χ4v) is 4.53. The lowest BCUT2D eigenvalue weighted by Crippen LogP contribution is -2.55. The predicted molar refractivity (Wildman–Crippen MR) is 77.3 cm³/mol. The average molecular weight is 278 g/mol. The minimum absolute atomic E-state index is 0.131. The first kappa shape index (κ1) is 14.1. The highest BCUT2D eigenvalue weighted by atomic mass is 16.2. The van der Waals surface area contributed by atoms with Gasteiger partial charge in [0.15, 0.2) is 5.78 Å². The Hall–Kier alpha value is -0.900. The zero-order chi connectivity index (χ0) is 14.5. The van der Waals surface area contributed by atoms with Crippen LogP contribution in [0.4, 0.5) is 0 Å². The van der Waals surface area contributed by atoms with Gasteiger partial charge in [-0.15, -0.1) is 0 Å². The van der Waals surface area contributed by atoms with Crippen LogP contribution in [0.5, 0.6) is 0 Å². The van der Waals surface area contributed by atoms with Gasteiger partial charge in [-0.1, -0.05) is 20.8 Å². The Balaban J connectivity index is 1.77. The maximum Gasteiger partial charge on any atom is 0.236 e. The van der Waals surface area contributed by atoms with Crippen LogP contribution in [0.2, 0.25) is 0 Å². The first-order chi connectivity index (χ1) is 9.41. The fourth-order valence-electron chi connectivity index (χ4n) is 4.53. The van der Waals surface area contributed by atoms with Crippen LogP contribution in [0.3, 0.4) is 0 Å². The first-order valence-electron chi connectivity index (χ1n) is 7.98. The molecule has 0 aromatic carbocycles. The van der Waals surface area contributed by atoms with Crippen molar-refractivity contribution in [3.05, 3.63) is 0 Å². The molecule has 4 heteroatoms. The molecule has 1 saturated heterocycles. The van der Waals surface area contributed by atoms with Gasteiger partial charge in [0.1, 0.15) is 5.41 Å². The van der Waals surface area contributed by atoms with Crippen molar-refractivity contribution in [1.29, 1.82) is 0 Å². The lowest BCUT2D eigenvalue weighted by atomic mass is 9.70. The maximum atomic E-state index is 13.0. The Bertz CT molecular complexity index is 438. The third-order valence-electron chi connectivity index (χ3n) is 6.07. The van der Waals surface area contributed by atoms with E-state index in [2.05, 4.69) is 11.8 Å². The van der Waals surface area contributed by atoms with E-state index < -0.39 is 5.41 Å². The summed E-state index contributed by atoms with van der Waals surface area (Å²) in [6.45, 7) is 10.7. The van der Waals surface area contributed by atoms with E-state index in [1.807, 2.05) is 18.7 Å². The minimum atomic E-state index is -0.664. The molecule has 2 atom stereocenters. The Morgan fingerprint density at radius 2 is 1.90 bits per heavy atom. The molecule has 3 aliphatic rings. The molecule has 20 heavy (non-hydrogen) atoms. The molecule has 0 unspecified atom stereocenters. The molecule has 2 aliphatic carbocycles. The fraction of sp³-hybridized carbons (Fsp3) is 0.875. The second kappa shape index (κ2) is 4.55. The summed E-state index contributed by atoms with van der Waals surface area (Å²) in [5.74, 6) is 0.756. The summed E-state index contributed by atoms with van der Waals surface area (Å²) < 4.78 is 0. The van der Waals surface area contributed by atoms with Gasteiger partial charge in [-0.05, 0) is 31.7 Å². The smallest absolute Gasteiger partial charge is 0.236 e. The second-order valence-corrected chi connectivity index (χ2v) is 7.30. The molecule has 3 fully saturated rings. The second-order valence-electron chi connectivity index (χ2n) is 7.30. The molecular weight excluding hydrogens is 252 g/mol. The average Bonchev–Trinajstić information content (AvgIpc) is 2.98. The molecule has 112 valence electrons. The number of Topliss-reactive ketones (excluding diaryl/α,β-unsaturated/α-hetero) is 1. The van der Waals surface area contributed by atoms with Crippen molar-refractivity contribution in [3.8, 4) is 0 Å². The minimum Gasteiger partial charge on any atom is -0.339 e. The predicted octanol–water partition coefficient (Wildman–Crippen LogP) is 1.55. The van der Waals surface area contributed by atoms with Crippen LogP contribution in [0.1, 0.15) is 40.0 Å². The van der Waals surface area contributed by atoms with Gasteiger partial charge >= 0.3 is 0 Å². The zero-order valence-electron chi connectivity index (χ0n) is 12.9. The van der Waals surface area contributed by atoms with Crippen molar-refractivity contribution in [1.82, 2.24) is 9.80 Å². The van der Waals surface area contributed by atoms with E-state index >= 15 is 0 Å². The van der Waals surface area contributed by atoms with Gasteiger partial charge in [0.2, 0.25) is 5.91 Å². The van der Waals surface area contributed by atoms with Crippen LogP contribution in [0.25, 0.3) is 0 Å². The van der Waals surface area contributed by atoms with Crippen LogP contribution in [0, 0.1) is 16.7 Å². The van der Waals surface area contributed by atoms with Crippen molar-refractivity contribution in [2.75, 3.05) is 32.7 Å². The normalized spacial score (nSPS) is 36.6. The van der Waals surface area contributed by atoms with Gasteiger partial charge in [-0.25, -0.2) is 0 Å². The van der Waals surface area contributed by atoms with Crippen molar-refractivity contribution in [3.63, 3.8) is 0 Å². The summed E-state index contributed by atoms with van der Waals surface area (Å²) in [6, 6.07) is 0. The molecule has 1 aliphatic heterocycles. The van der Waals surface area contributed by atoms with E-state index in [9.17, 15) is 9.59 Å². The molecule has 2 saturated carbocycles. The van der Waals surface area contributed by atoms with E-state index in [0.717, 1.165) is 52.0 Å². The van der Waals surface area contributed by atoms with Crippen molar-refractivity contribution in [2.45, 2.75) is 40.0 Å². The molecule has 0 radical (unpaired) electrons. The van der Waals surface area contributed by atoms with Crippen molar-refractivity contribution in [2.24, 2.45) is 16.7 Å². The molecule has 0 spiro atoms. The molecule has 4 nitrogen and oxygen atoms in total. The van der Waals surface area contributed by atoms with E-state index in [1.54, 1.807) is 0 Å². The SMILES string of the molecule is CCN1CCN(C(=O)[C@@]23CC[C@H](C2)C(C)(C)C3=O)CC1. The number of carbonyl (C=O) groups is 2. The number of likely N-dealkylation sites (N-methyl/N-ethyl adjacent to an activating group) is 1. The number of nitrogens with zero attached hydrogens (tertiary/aromatic N) is 2. The van der Waals surface area contributed by atoms with Gasteiger partial charge in [-0.2, -0.15) is 0 Å². The largest absolute Gasteiger partial charge is 0.339 e. The number of carbonyl (C=O) groups excluding carboxylic acids is 2. The van der Waals surface area contributed by atoms with Crippen LogP contribution in [-0.4, -0.2) is 54.2 Å². The third kappa shape index (κ3) is 1.77. The Labute approximate surface area is 121 Å². The standard InChI is InChI=1S/C16H26N2O2/c1-4-17-7-9-18(10-8-17)14(20)16-6-5-12(11-16)15(2,3)13(16)19/h12H,4-11H2,1-3H3/t12-,16+/m1/s1. The molecule has 2 bridgehead atoms. The number of rotatable bonds is 2. The van der Waals surface area contributed by atoms with Gasteiger partial charge in [0.05, 0.1) is 0 Å². The molecule has 3 rings (SSSR count). The van der Waals surface area contributed by atoms with Crippen LogP contribution < -0.4 is 0 Å². The number of amides is 1. The monoisotopic (exact) mass is 278 g/mol.